The maximum atomic E-state index is 15.0. The number of ether oxygens (including phenoxy) is 2. The van der Waals surface area contributed by atoms with Gasteiger partial charge in [-0.15, -0.1) is 13.2 Å². The number of aryl methyl sites for hydroxylation is 1. The highest BCUT2D eigenvalue weighted by Crippen LogP contribution is 2.42. The highest BCUT2D eigenvalue weighted by atomic mass is 19.4. The molecule has 0 spiro atoms. The number of hydrogen-bond acceptors (Lipinski definition) is 2. The molecule has 0 aromatic heterocycles. The van der Waals surface area contributed by atoms with Crippen molar-refractivity contribution in [1.82, 2.24) is 0 Å². The van der Waals surface area contributed by atoms with Gasteiger partial charge in [-0.3, -0.25) is 0 Å². The Balaban J connectivity index is 1.40. The Morgan fingerprint density at radius 2 is 1.08 bits per heavy atom. The van der Waals surface area contributed by atoms with Crippen molar-refractivity contribution < 1.29 is 62.2 Å². The van der Waals surface area contributed by atoms with Crippen molar-refractivity contribution in [3.63, 3.8) is 0 Å². The first-order chi connectivity index (χ1) is 22.4. The quantitative estimate of drug-likeness (QED) is 0.144. The van der Waals surface area contributed by atoms with Crippen molar-refractivity contribution in [2.24, 2.45) is 0 Å². The fourth-order valence-corrected chi connectivity index (χ4v) is 5.13. The molecule has 5 aromatic carbocycles. The van der Waals surface area contributed by atoms with E-state index in [9.17, 15) is 39.5 Å². The van der Waals surface area contributed by atoms with Gasteiger partial charge in [0.2, 0.25) is 0 Å². The van der Waals surface area contributed by atoms with Gasteiger partial charge in [0, 0.05) is 12.1 Å². The van der Waals surface area contributed by atoms with Crippen molar-refractivity contribution in [1.29, 1.82) is 0 Å². The van der Waals surface area contributed by atoms with Gasteiger partial charge in [-0.25, -0.2) is 26.7 Å². The fourth-order valence-electron chi connectivity index (χ4n) is 5.13. The van der Waals surface area contributed by atoms with E-state index in [0.29, 0.717) is 11.6 Å². The molecule has 0 saturated carbocycles. The summed E-state index contributed by atoms with van der Waals surface area (Å²) in [6, 6.07) is 13.8. The van der Waals surface area contributed by atoms with E-state index in [4.69, 9.17) is 0 Å². The normalized spacial score (nSPS) is 12.5. The number of fused-ring (bicyclic) bond motifs is 1. The van der Waals surface area contributed by atoms with Crippen molar-refractivity contribution >= 4 is 10.8 Å². The molecule has 5 aromatic rings. The lowest BCUT2D eigenvalue weighted by molar-refractivity contribution is -0.432. The molecule has 5 rings (SSSR count). The van der Waals surface area contributed by atoms with Gasteiger partial charge < -0.3 is 4.74 Å². The SMILES string of the molecule is CCCc1ccc2cc(-c3ccc(C(F)(F)Oc4cc(F)c(-c5cc(F)c(C(F)(F)OC(F)(F)F)c(F)c5)c(F)c4)c(F)c3)ccc2c1. The van der Waals surface area contributed by atoms with Gasteiger partial charge >= 0.3 is 18.6 Å². The summed E-state index contributed by atoms with van der Waals surface area (Å²) in [5.74, 6) is -10.9. The lowest BCUT2D eigenvalue weighted by atomic mass is 9.98. The van der Waals surface area contributed by atoms with E-state index < -0.39 is 75.7 Å². The highest BCUT2D eigenvalue weighted by Gasteiger charge is 2.49. The zero-order chi connectivity index (χ0) is 35.2. The molecule has 2 nitrogen and oxygen atoms in total. The van der Waals surface area contributed by atoms with E-state index in [0.717, 1.165) is 35.2 Å². The third-order valence-electron chi connectivity index (χ3n) is 7.19. The first-order valence-corrected chi connectivity index (χ1v) is 13.9. The average Bonchev–Trinajstić information content (AvgIpc) is 2.94. The average molecular weight is 689 g/mol. The Labute approximate surface area is 264 Å². The molecular weight excluding hydrogens is 668 g/mol. The fraction of sp³-hybridized carbons (Fsp3) is 0.176. The van der Waals surface area contributed by atoms with Crippen LogP contribution in [0.5, 0.6) is 5.75 Å². The molecule has 0 fully saturated rings. The molecule has 0 saturated heterocycles. The molecule has 14 heteroatoms. The summed E-state index contributed by atoms with van der Waals surface area (Å²) in [4.78, 5) is 0. The van der Waals surface area contributed by atoms with Gasteiger partial charge in [-0.05, 0) is 69.8 Å². The van der Waals surface area contributed by atoms with Gasteiger partial charge in [-0.2, -0.15) is 17.6 Å². The Kier molecular flexibility index (Phi) is 9.17. The molecule has 0 atom stereocenters. The largest absolute Gasteiger partial charge is 0.527 e. The van der Waals surface area contributed by atoms with Crippen LogP contribution in [0.15, 0.2) is 78.9 Å². The lowest BCUT2D eigenvalue weighted by Gasteiger charge is -2.21. The standard InChI is InChI=1S/C34H20F12O2/c1-2-3-17-4-5-19-11-20(7-6-18(19)10-17)21-8-9-24(25(35)12-21)32(40,41)47-23-15-26(36)30(27(37)16-23)22-13-28(38)31(29(39)14-22)33(42,43)48-34(44,45)46/h4-16H,2-3H2,1H3. The van der Waals surface area contributed by atoms with Gasteiger partial charge in [0.05, 0.1) is 11.1 Å². The van der Waals surface area contributed by atoms with E-state index in [1.807, 2.05) is 25.1 Å². The molecule has 0 aliphatic rings. The third kappa shape index (κ3) is 7.23. The predicted molar refractivity (Wildman–Crippen MR) is 151 cm³/mol. The maximum absolute atomic E-state index is 15.0. The summed E-state index contributed by atoms with van der Waals surface area (Å²) in [6.07, 6.45) is -14.2. The van der Waals surface area contributed by atoms with E-state index in [1.54, 1.807) is 18.2 Å². The maximum Gasteiger partial charge on any atom is 0.527 e. The summed E-state index contributed by atoms with van der Waals surface area (Å²) in [5, 5.41) is 1.75. The first-order valence-electron chi connectivity index (χ1n) is 13.9. The van der Waals surface area contributed by atoms with Crippen LogP contribution in [0.4, 0.5) is 52.7 Å². The molecular formula is C34H20F12O2. The Morgan fingerprint density at radius 1 is 0.542 bits per heavy atom. The Bertz CT molecular complexity index is 1960. The molecule has 0 radical (unpaired) electrons. The molecule has 252 valence electrons. The minimum Gasteiger partial charge on any atom is -0.429 e. The summed E-state index contributed by atoms with van der Waals surface area (Å²) in [5.41, 5.74) is -4.38. The van der Waals surface area contributed by atoms with E-state index in [-0.39, 0.29) is 29.8 Å². The van der Waals surface area contributed by atoms with Crippen molar-refractivity contribution in [2.45, 2.75) is 38.3 Å². The van der Waals surface area contributed by atoms with Gasteiger partial charge in [-0.1, -0.05) is 49.7 Å². The second-order valence-corrected chi connectivity index (χ2v) is 10.6. The predicted octanol–water partition coefficient (Wildman–Crippen LogP) is 11.5. The van der Waals surface area contributed by atoms with Gasteiger partial charge in [0.25, 0.3) is 0 Å². The molecule has 0 bridgehead atoms. The van der Waals surface area contributed by atoms with Crippen LogP contribution in [-0.2, 0) is 23.4 Å². The first kappa shape index (κ1) is 34.6. The summed E-state index contributed by atoms with van der Waals surface area (Å²) in [6.45, 7) is 2.04. The summed E-state index contributed by atoms with van der Waals surface area (Å²) >= 11 is 0. The van der Waals surface area contributed by atoms with Crippen LogP contribution >= 0.6 is 0 Å². The van der Waals surface area contributed by atoms with E-state index >= 15 is 13.2 Å². The number of hydrogen-bond donors (Lipinski definition) is 0. The van der Waals surface area contributed by atoms with Crippen LogP contribution < -0.4 is 4.74 Å². The van der Waals surface area contributed by atoms with Crippen molar-refractivity contribution in [3.8, 4) is 28.0 Å². The number of alkyl halides is 7. The minimum absolute atomic E-state index is 0.112. The zero-order valence-electron chi connectivity index (χ0n) is 24.3. The third-order valence-corrected chi connectivity index (χ3v) is 7.19. The topological polar surface area (TPSA) is 18.5 Å². The van der Waals surface area contributed by atoms with Crippen molar-refractivity contribution in [3.05, 3.63) is 125 Å². The van der Waals surface area contributed by atoms with E-state index in [1.165, 1.54) is 6.07 Å². The highest BCUT2D eigenvalue weighted by molar-refractivity contribution is 5.88. The Hall–Kier alpha value is -4.72. The second-order valence-electron chi connectivity index (χ2n) is 10.6. The van der Waals surface area contributed by atoms with Gasteiger partial charge in [0.15, 0.2) is 0 Å². The zero-order valence-corrected chi connectivity index (χ0v) is 24.3. The lowest BCUT2D eigenvalue weighted by Crippen LogP contribution is -2.29. The van der Waals surface area contributed by atoms with Crippen LogP contribution in [0, 0.1) is 29.1 Å². The summed E-state index contributed by atoms with van der Waals surface area (Å²) in [7, 11) is 0. The second kappa shape index (κ2) is 12.7. The van der Waals surface area contributed by atoms with Crippen LogP contribution in [0.2, 0.25) is 0 Å². The monoisotopic (exact) mass is 688 g/mol. The van der Waals surface area contributed by atoms with Crippen LogP contribution in [0.3, 0.4) is 0 Å². The smallest absolute Gasteiger partial charge is 0.429 e. The van der Waals surface area contributed by atoms with Gasteiger partial charge in [0.1, 0.15) is 40.4 Å². The molecule has 0 aliphatic carbocycles. The molecule has 0 aliphatic heterocycles. The van der Waals surface area contributed by atoms with Crippen LogP contribution in [0.25, 0.3) is 33.0 Å². The van der Waals surface area contributed by atoms with Crippen LogP contribution in [0.1, 0.15) is 30.0 Å². The molecule has 0 heterocycles. The number of rotatable bonds is 9. The van der Waals surface area contributed by atoms with Crippen molar-refractivity contribution in [2.75, 3.05) is 0 Å². The molecule has 0 unspecified atom stereocenters. The molecule has 0 amide bonds. The molecule has 48 heavy (non-hydrogen) atoms. The van der Waals surface area contributed by atoms with Crippen LogP contribution in [-0.4, -0.2) is 6.36 Å². The number of halogens is 12. The molecule has 0 N–H and O–H groups in total. The Morgan fingerprint density at radius 3 is 1.67 bits per heavy atom. The number of benzene rings is 5. The van der Waals surface area contributed by atoms with E-state index in [2.05, 4.69) is 9.47 Å². The minimum atomic E-state index is -6.02. The summed E-state index contributed by atoms with van der Waals surface area (Å²) < 4.78 is 175.